The number of nitrogens with zero attached hydrogens (tertiary/aromatic N) is 1. The van der Waals surface area contributed by atoms with Crippen LogP contribution in [0.5, 0.6) is 0 Å². The number of carbonyl (C=O) groups excluding carboxylic acids is 2. The minimum atomic E-state index is -4.55. The second-order valence-electron chi connectivity index (χ2n) is 8.69. The molecule has 0 saturated carbocycles. The third-order valence-electron chi connectivity index (χ3n) is 5.35. The molecule has 0 aliphatic rings. The van der Waals surface area contributed by atoms with E-state index in [1.807, 2.05) is 25.9 Å². The second kappa shape index (κ2) is 12.1. The number of carbonyl (C=O) groups is 2. The van der Waals surface area contributed by atoms with Gasteiger partial charge in [0.05, 0.1) is 10.6 Å². The average Bonchev–Trinajstić information content (AvgIpc) is 3.29. The first-order valence-corrected chi connectivity index (χ1v) is 11.8. The standard InChI is InChI=1S/C27H27ClF3N3O3/c1-17-5-7-18(8-6-17)25(35)33-23(26(36)32-13-4-14-34(2)3)16-20-10-12-24(37-20)21-15-19(27(29,30)31)9-11-22(21)28/h5-12,15-16H,4,13-14H2,1-3H3,(H,32,36)(H,33,35)/b23-16+. The molecule has 0 fully saturated rings. The molecule has 0 unspecified atom stereocenters. The Labute approximate surface area is 218 Å². The van der Waals surface area contributed by atoms with Crippen molar-refractivity contribution in [2.75, 3.05) is 27.2 Å². The Morgan fingerprint density at radius 3 is 2.41 bits per heavy atom. The molecule has 0 atom stereocenters. The number of hydrogen-bond donors (Lipinski definition) is 2. The molecule has 10 heteroatoms. The van der Waals surface area contributed by atoms with Crippen molar-refractivity contribution in [1.82, 2.24) is 15.5 Å². The summed E-state index contributed by atoms with van der Waals surface area (Å²) >= 11 is 6.12. The van der Waals surface area contributed by atoms with Crippen molar-refractivity contribution in [3.05, 3.63) is 87.8 Å². The summed E-state index contributed by atoms with van der Waals surface area (Å²) < 4.78 is 45.2. The molecule has 0 aliphatic heterocycles. The maximum Gasteiger partial charge on any atom is 0.416 e. The normalized spacial score (nSPS) is 12.1. The van der Waals surface area contributed by atoms with Gasteiger partial charge in [-0.1, -0.05) is 29.3 Å². The van der Waals surface area contributed by atoms with Crippen LogP contribution < -0.4 is 10.6 Å². The molecule has 2 amide bonds. The molecular weight excluding hydrogens is 507 g/mol. The van der Waals surface area contributed by atoms with E-state index in [1.165, 1.54) is 18.2 Å². The summed E-state index contributed by atoms with van der Waals surface area (Å²) in [6.07, 6.45) is -2.54. The van der Waals surface area contributed by atoms with Crippen molar-refractivity contribution in [3.8, 4) is 11.3 Å². The minimum Gasteiger partial charge on any atom is -0.457 e. The second-order valence-corrected chi connectivity index (χ2v) is 9.09. The number of benzene rings is 2. The quantitative estimate of drug-likeness (QED) is 0.271. The Morgan fingerprint density at radius 2 is 1.76 bits per heavy atom. The number of hydrogen-bond acceptors (Lipinski definition) is 4. The van der Waals surface area contributed by atoms with Gasteiger partial charge in [0, 0.05) is 23.7 Å². The molecule has 2 N–H and O–H groups in total. The van der Waals surface area contributed by atoms with Gasteiger partial charge in [-0.05, 0) is 76.4 Å². The van der Waals surface area contributed by atoms with Crippen LogP contribution in [0.3, 0.4) is 0 Å². The van der Waals surface area contributed by atoms with Gasteiger partial charge < -0.3 is 20.0 Å². The number of halogens is 4. The van der Waals surface area contributed by atoms with E-state index in [1.54, 1.807) is 24.3 Å². The van der Waals surface area contributed by atoms with Gasteiger partial charge in [0.1, 0.15) is 17.2 Å². The fraction of sp³-hybridized carbons (Fsp3) is 0.259. The first-order valence-electron chi connectivity index (χ1n) is 11.4. The predicted octanol–water partition coefficient (Wildman–Crippen LogP) is 5.77. The lowest BCUT2D eigenvalue weighted by molar-refractivity contribution is -0.137. The zero-order valence-corrected chi connectivity index (χ0v) is 21.3. The van der Waals surface area contributed by atoms with E-state index in [2.05, 4.69) is 10.6 Å². The SMILES string of the molecule is Cc1ccc(C(=O)N/C(=C/c2ccc(-c3cc(C(F)(F)F)ccc3Cl)o2)C(=O)NCCCN(C)C)cc1. The summed E-state index contributed by atoms with van der Waals surface area (Å²) in [4.78, 5) is 27.7. The van der Waals surface area contributed by atoms with Gasteiger partial charge in [0.25, 0.3) is 11.8 Å². The molecule has 0 radical (unpaired) electrons. The van der Waals surface area contributed by atoms with Crippen LogP contribution in [-0.4, -0.2) is 43.9 Å². The number of rotatable bonds is 9. The number of nitrogens with one attached hydrogen (secondary N) is 2. The highest BCUT2D eigenvalue weighted by Gasteiger charge is 2.31. The van der Waals surface area contributed by atoms with Gasteiger partial charge in [-0.3, -0.25) is 9.59 Å². The Kier molecular flexibility index (Phi) is 9.18. The Hall–Kier alpha value is -3.56. The van der Waals surface area contributed by atoms with Gasteiger partial charge >= 0.3 is 6.18 Å². The summed E-state index contributed by atoms with van der Waals surface area (Å²) in [6, 6.07) is 12.7. The number of furan rings is 1. The van der Waals surface area contributed by atoms with E-state index in [0.29, 0.717) is 18.5 Å². The highest BCUT2D eigenvalue weighted by Crippen LogP contribution is 2.36. The molecule has 0 aliphatic carbocycles. The maximum absolute atomic E-state index is 13.2. The summed E-state index contributed by atoms with van der Waals surface area (Å²) in [6.45, 7) is 3.02. The molecule has 196 valence electrons. The van der Waals surface area contributed by atoms with Crippen LogP contribution >= 0.6 is 11.6 Å². The number of aryl methyl sites for hydroxylation is 1. The lowest BCUT2D eigenvalue weighted by Crippen LogP contribution is -2.36. The first-order chi connectivity index (χ1) is 17.4. The molecule has 37 heavy (non-hydrogen) atoms. The molecule has 2 aromatic carbocycles. The van der Waals surface area contributed by atoms with Gasteiger partial charge in [-0.2, -0.15) is 13.2 Å². The van der Waals surface area contributed by atoms with Crippen molar-refractivity contribution in [1.29, 1.82) is 0 Å². The largest absolute Gasteiger partial charge is 0.457 e. The average molecular weight is 534 g/mol. The third kappa shape index (κ3) is 7.96. The van der Waals surface area contributed by atoms with Crippen LogP contribution in [0, 0.1) is 6.92 Å². The van der Waals surface area contributed by atoms with E-state index in [-0.39, 0.29) is 27.8 Å². The van der Waals surface area contributed by atoms with Crippen LogP contribution in [0.2, 0.25) is 5.02 Å². The highest BCUT2D eigenvalue weighted by molar-refractivity contribution is 6.33. The molecule has 3 rings (SSSR count). The highest BCUT2D eigenvalue weighted by atomic mass is 35.5. The lowest BCUT2D eigenvalue weighted by Gasteiger charge is -2.12. The molecule has 1 heterocycles. The third-order valence-corrected chi connectivity index (χ3v) is 5.68. The zero-order chi connectivity index (χ0) is 27.2. The summed E-state index contributed by atoms with van der Waals surface area (Å²) in [7, 11) is 3.83. The van der Waals surface area contributed by atoms with Crippen molar-refractivity contribution in [2.45, 2.75) is 19.5 Å². The van der Waals surface area contributed by atoms with Gasteiger partial charge in [0.15, 0.2) is 0 Å². The Morgan fingerprint density at radius 1 is 1.05 bits per heavy atom. The van der Waals surface area contributed by atoms with Crippen LogP contribution in [-0.2, 0) is 11.0 Å². The van der Waals surface area contributed by atoms with E-state index < -0.39 is 23.6 Å². The summed E-state index contributed by atoms with van der Waals surface area (Å²) in [5, 5.41) is 5.44. The Balaban J connectivity index is 1.88. The topological polar surface area (TPSA) is 74.6 Å². The van der Waals surface area contributed by atoms with Crippen molar-refractivity contribution in [2.24, 2.45) is 0 Å². The smallest absolute Gasteiger partial charge is 0.416 e. The molecule has 0 bridgehead atoms. The van der Waals surface area contributed by atoms with Crippen LogP contribution in [0.1, 0.15) is 33.7 Å². The maximum atomic E-state index is 13.2. The van der Waals surface area contributed by atoms with E-state index in [4.69, 9.17) is 16.0 Å². The van der Waals surface area contributed by atoms with Crippen molar-refractivity contribution < 1.29 is 27.2 Å². The van der Waals surface area contributed by atoms with Crippen LogP contribution in [0.25, 0.3) is 17.4 Å². The fourth-order valence-electron chi connectivity index (χ4n) is 3.36. The summed E-state index contributed by atoms with van der Waals surface area (Å²) in [5.41, 5.74) is 0.430. The van der Waals surface area contributed by atoms with Gasteiger partial charge in [-0.15, -0.1) is 0 Å². The molecule has 3 aromatic rings. The van der Waals surface area contributed by atoms with Crippen molar-refractivity contribution in [3.63, 3.8) is 0 Å². The lowest BCUT2D eigenvalue weighted by atomic mass is 10.1. The molecule has 0 saturated heterocycles. The first kappa shape index (κ1) is 28.0. The van der Waals surface area contributed by atoms with Gasteiger partial charge in [0.2, 0.25) is 0 Å². The minimum absolute atomic E-state index is 0.0505. The van der Waals surface area contributed by atoms with Crippen molar-refractivity contribution >= 4 is 29.5 Å². The Bertz CT molecular complexity index is 1280. The van der Waals surface area contributed by atoms with Crippen LogP contribution in [0.15, 0.2) is 64.7 Å². The van der Waals surface area contributed by atoms with E-state index in [9.17, 15) is 22.8 Å². The number of alkyl halides is 3. The zero-order valence-electron chi connectivity index (χ0n) is 20.6. The monoisotopic (exact) mass is 533 g/mol. The molecule has 0 spiro atoms. The molecule has 6 nitrogen and oxygen atoms in total. The summed E-state index contributed by atoms with van der Waals surface area (Å²) in [5.74, 6) is -0.805. The number of amides is 2. The fourth-order valence-corrected chi connectivity index (χ4v) is 3.57. The van der Waals surface area contributed by atoms with E-state index in [0.717, 1.165) is 30.3 Å². The molecular formula is C27H27ClF3N3O3. The van der Waals surface area contributed by atoms with Crippen LogP contribution in [0.4, 0.5) is 13.2 Å². The predicted molar refractivity (Wildman–Crippen MR) is 137 cm³/mol. The van der Waals surface area contributed by atoms with E-state index >= 15 is 0 Å². The van der Waals surface area contributed by atoms with Gasteiger partial charge in [-0.25, -0.2) is 0 Å². The molecule has 1 aromatic heterocycles.